The van der Waals surface area contributed by atoms with Gasteiger partial charge in [0.1, 0.15) is 0 Å². The van der Waals surface area contributed by atoms with Gasteiger partial charge in [-0.15, -0.1) is 0 Å². The van der Waals surface area contributed by atoms with Crippen molar-refractivity contribution in [3.63, 3.8) is 0 Å². The van der Waals surface area contributed by atoms with Gasteiger partial charge in [-0.25, -0.2) is 0 Å². The largest absolute Gasteiger partial charge is 0.349 e. The molecule has 150 valence electrons. The highest BCUT2D eigenvalue weighted by Crippen LogP contribution is 2.31. The highest BCUT2D eigenvalue weighted by atomic mass is 16.2. The van der Waals surface area contributed by atoms with E-state index in [1.165, 1.54) is 18.1 Å². The van der Waals surface area contributed by atoms with Crippen molar-refractivity contribution >= 4 is 29.1 Å². The summed E-state index contributed by atoms with van der Waals surface area (Å²) in [6.45, 7) is 1.79. The van der Waals surface area contributed by atoms with E-state index in [9.17, 15) is 14.4 Å². The van der Waals surface area contributed by atoms with Gasteiger partial charge >= 0.3 is 0 Å². The summed E-state index contributed by atoms with van der Waals surface area (Å²) in [6, 6.07) is 15.4. The van der Waals surface area contributed by atoms with Crippen LogP contribution in [0.1, 0.15) is 43.4 Å². The van der Waals surface area contributed by atoms with Gasteiger partial charge in [0.25, 0.3) is 0 Å². The maximum atomic E-state index is 12.9. The molecule has 6 nitrogen and oxygen atoms in total. The van der Waals surface area contributed by atoms with Crippen LogP contribution in [-0.2, 0) is 20.8 Å². The number of rotatable bonds is 4. The van der Waals surface area contributed by atoms with Crippen LogP contribution in [0, 0.1) is 5.92 Å². The molecule has 2 N–H and O–H groups in total. The van der Waals surface area contributed by atoms with Gasteiger partial charge in [0.05, 0.1) is 12.0 Å². The monoisotopic (exact) mass is 391 g/mol. The molecule has 2 aromatic carbocycles. The standard InChI is InChI=1S/C23H25N3O3/c1-15(27)24-18-8-5-9-19(13-18)26-14-17(12-22(26)28)23(29)25-21-11-4-7-16-6-2-3-10-20(16)21/h2-3,5-6,8-10,13,17,21H,4,7,11-12,14H2,1H3,(H,24,27)(H,25,29)/t17-,21-/m0/s1. The highest BCUT2D eigenvalue weighted by molar-refractivity contribution is 6.01. The Kier molecular flexibility index (Phi) is 5.34. The van der Waals surface area contributed by atoms with E-state index >= 15 is 0 Å². The summed E-state index contributed by atoms with van der Waals surface area (Å²) in [7, 11) is 0. The minimum absolute atomic E-state index is 0.0136. The molecule has 3 amide bonds. The average molecular weight is 391 g/mol. The number of carbonyl (C=O) groups is 3. The highest BCUT2D eigenvalue weighted by Gasteiger charge is 2.36. The summed E-state index contributed by atoms with van der Waals surface area (Å²) in [5.41, 5.74) is 3.81. The Morgan fingerprint density at radius 3 is 2.76 bits per heavy atom. The molecule has 2 aliphatic rings. The average Bonchev–Trinajstić information content (AvgIpc) is 3.10. The number of nitrogens with one attached hydrogen (secondary N) is 2. The van der Waals surface area contributed by atoms with Crippen LogP contribution >= 0.6 is 0 Å². The van der Waals surface area contributed by atoms with E-state index in [0.717, 1.165) is 19.3 Å². The summed E-state index contributed by atoms with van der Waals surface area (Å²) in [5.74, 6) is -0.685. The van der Waals surface area contributed by atoms with Gasteiger partial charge in [0.2, 0.25) is 17.7 Å². The van der Waals surface area contributed by atoms with Crippen molar-refractivity contribution in [3.05, 3.63) is 59.7 Å². The fourth-order valence-corrected chi connectivity index (χ4v) is 4.28. The third-order valence-electron chi connectivity index (χ3n) is 5.66. The number of aryl methyl sites for hydroxylation is 1. The van der Waals surface area contributed by atoms with Crippen LogP contribution in [-0.4, -0.2) is 24.3 Å². The molecule has 0 radical (unpaired) electrons. The summed E-state index contributed by atoms with van der Waals surface area (Å²) in [6.07, 6.45) is 3.22. The molecule has 2 atom stereocenters. The molecule has 6 heteroatoms. The topological polar surface area (TPSA) is 78.5 Å². The SMILES string of the molecule is CC(=O)Nc1cccc(N2C[C@@H](C(=O)N[C@H]3CCCc4ccccc43)CC2=O)c1. The molecular formula is C23H25N3O3. The van der Waals surface area contributed by atoms with Crippen LogP contribution < -0.4 is 15.5 Å². The third-order valence-corrected chi connectivity index (χ3v) is 5.66. The molecule has 1 saturated heterocycles. The number of amides is 3. The molecular weight excluding hydrogens is 366 g/mol. The second-order valence-corrected chi connectivity index (χ2v) is 7.79. The zero-order valence-electron chi connectivity index (χ0n) is 16.5. The lowest BCUT2D eigenvalue weighted by Gasteiger charge is -2.27. The molecule has 29 heavy (non-hydrogen) atoms. The maximum Gasteiger partial charge on any atom is 0.227 e. The fraction of sp³-hybridized carbons (Fsp3) is 0.348. The molecule has 1 aliphatic carbocycles. The Labute approximate surface area is 170 Å². The van der Waals surface area contributed by atoms with Crippen LogP contribution in [0.15, 0.2) is 48.5 Å². The van der Waals surface area contributed by atoms with Gasteiger partial charge in [-0.05, 0) is 48.6 Å². The zero-order chi connectivity index (χ0) is 20.4. The van der Waals surface area contributed by atoms with Gasteiger partial charge < -0.3 is 15.5 Å². The Bertz CT molecular complexity index is 956. The third kappa shape index (κ3) is 4.16. The molecule has 4 rings (SSSR count). The number of nitrogens with zero attached hydrogens (tertiary/aromatic N) is 1. The lowest BCUT2D eigenvalue weighted by Crippen LogP contribution is -2.36. The summed E-state index contributed by atoms with van der Waals surface area (Å²) >= 11 is 0. The van der Waals surface area contributed by atoms with E-state index < -0.39 is 0 Å². The predicted molar refractivity (Wildman–Crippen MR) is 111 cm³/mol. The van der Waals surface area contributed by atoms with Crippen molar-refractivity contribution in [1.82, 2.24) is 5.32 Å². The van der Waals surface area contributed by atoms with E-state index in [-0.39, 0.29) is 36.1 Å². The van der Waals surface area contributed by atoms with E-state index in [1.54, 1.807) is 23.1 Å². The summed E-state index contributed by atoms with van der Waals surface area (Å²) in [5, 5.41) is 5.90. The number of hydrogen-bond donors (Lipinski definition) is 2. The quantitative estimate of drug-likeness (QED) is 0.840. The predicted octanol–water partition coefficient (Wildman–Crippen LogP) is 3.19. The summed E-state index contributed by atoms with van der Waals surface area (Å²) < 4.78 is 0. The van der Waals surface area contributed by atoms with Crippen LogP contribution in [0.2, 0.25) is 0 Å². The van der Waals surface area contributed by atoms with Crippen molar-refractivity contribution in [1.29, 1.82) is 0 Å². The van der Waals surface area contributed by atoms with Crippen molar-refractivity contribution in [2.24, 2.45) is 5.92 Å². The van der Waals surface area contributed by atoms with Crippen LogP contribution in [0.4, 0.5) is 11.4 Å². The molecule has 1 heterocycles. The Morgan fingerprint density at radius 1 is 1.10 bits per heavy atom. The van der Waals surface area contributed by atoms with Gasteiger partial charge in [-0.1, -0.05) is 30.3 Å². The number of fused-ring (bicyclic) bond motifs is 1. The van der Waals surface area contributed by atoms with Gasteiger partial charge in [0.15, 0.2) is 0 Å². The molecule has 0 saturated carbocycles. The van der Waals surface area contributed by atoms with Gasteiger partial charge in [0, 0.05) is 31.3 Å². The second kappa shape index (κ2) is 8.07. The van der Waals surface area contributed by atoms with Crippen LogP contribution in [0.5, 0.6) is 0 Å². The smallest absolute Gasteiger partial charge is 0.227 e. The van der Waals surface area contributed by atoms with Crippen molar-refractivity contribution in [3.8, 4) is 0 Å². The van der Waals surface area contributed by atoms with Crippen molar-refractivity contribution in [2.75, 3.05) is 16.8 Å². The maximum absolute atomic E-state index is 12.9. The minimum atomic E-state index is -0.374. The minimum Gasteiger partial charge on any atom is -0.349 e. The molecule has 1 fully saturated rings. The molecule has 0 unspecified atom stereocenters. The van der Waals surface area contributed by atoms with E-state index in [0.29, 0.717) is 17.9 Å². The van der Waals surface area contributed by atoms with E-state index in [4.69, 9.17) is 0 Å². The van der Waals surface area contributed by atoms with E-state index in [1.807, 2.05) is 18.2 Å². The Morgan fingerprint density at radius 2 is 1.93 bits per heavy atom. The van der Waals surface area contributed by atoms with Gasteiger partial charge in [-0.3, -0.25) is 14.4 Å². The first kappa shape index (κ1) is 19.2. The lowest BCUT2D eigenvalue weighted by atomic mass is 9.87. The second-order valence-electron chi connectivity index (χ2n) is 7.79. The molecule has 1 aliphatic heterocycles. The number of anilines is 2. The van der Waals surface area contributed by atoms with Crippen LogP contribution in [0.25, 0.3) is 0 Å². The number of carbonyl (C=O) groups excluding carboxylic acids is 3. The normalized spacial score (nSPS) is 20.9. The molecule has 0 spiro atoms. The Hall–Kier alpha value is -3.15. The van der Waals surface area contributed by atoms with E-state index in [2.05, 4.69) is 22.8 Å². The fourth-order valence-electron chi connectivity index (χ4n) is 4.28. The number of benzene rings is 2. The van der Waals surface area contributed by atoms with Crippen molar-refractivity contribution < 1.29 is 14.4 Å². The summed E-state index contributed by atoms with van der Waals surface area (Å²) in [4.78, 5) is 38.4. The zero-order valence-corrected chi connectivity index (χ0v) is 16.5. The Balaban J connectivity index is 1.44. The molecule has 2 aromatic rings. The number of hydrogen-bond acceptors (Lipinski definition) is 3. The first-order valence-electron chi connectivity index (χ1n) is 10.1. The first-order valence-corrected chi connectivity index (χ1v) is 10.1. The first-order chi connectivity index (χ1) is 14.0. The molecule has 0 aromatic heterocycles. The lowest BCUT2D eigenvalue weighted by molar-refractivity contribution is -0.127. The van der Waals surface area contributed by atoms with Crippen LogP contribution in [0.3, 0.4) is 0 Å². The van der Waals surface area contributed by atoms with Gasteiger partial charge in [-0.2, -0.15) is 0 Å². The molecule has 0 bridgehead atoms. The van der Waals surface area contributed by atoms with Crippen molar-refractivity contribution in [2.45, 2.75) is 38.6 Å².